The lowest BCUT2D eigenvalue weighted by molar-refractivity contribution is -0.120. The van der Waals surface area contributed by atoms with Gasteiger partial charge in [0.2, 0.25) is 11.8 Å². The fraction of sp³-hybridized carbons (Fsp3) is 0.300. The van der Waals surface area contributed by atoms with Crippen LogP contribution < -0.4 is 21.2 Å². The second-order valence-corrected chi connectivity index (χ2v) is 7.04. The highest BCUT2D eigenvalue weighted by Gasteiger charge is 2.17. The van der Waals surface area contributed by atoms with Gasteiger partial charge in [0.15, 0.2) is 0 Å². The highest BCUT2D eigenvalue weighted by atomic mass is 16.2. The summed E-state index contributed by atoms with van der Waals surface area (Å²) < 4.78 is 0. The van der Waals surface area contributed by atoms with Crippen molar-refractivity contribution in [1.82, 2.24) is 20.3 Å². The van der Waals surface area contributed by atoms with E-state index in [1.165, 1.54) is 0 Å². The summed E-state index contributed by atoms with van der Waals surface area (Å²) in [5, 5.41) is 5.63. The van der Waals surface area contributed by atoms with Crippen LogP contribution >= 0.6 is 0 Å². The SMILES string of the molecule is O=C1CN(c2ccc(NC(=O)CCCc3ccc4[nH]c(=O)[nH]c4c3)cn2)CCN1. The first-order valence-corrected chi connectivity index (χ1v) is 9.55. The molecule has 4 rings (SSSR count). The number of aromatic nitrogens is 3. The number of rotatable bonds is 6. The summed E-state index contributed by atoms with van der Waals surface area (Å²) in [7, 11) is 0. The third kappa shape index (κ3) is 4.63. The molecule has 9 nitrogen and oxygen atoms in total. The number of piperazine rings is 1. The molecule has 0 radical (unpaired) electrons. The third-order valence-corrected chi connectivity index (χ3v) is 4.84. The molecule has 1 saturated heterocycles. The van der Waals surface area contributed by atoms with Crippen molar-refractivity contribution in [3.05, 3.63) is 52.6 Å². The van der Waals surface area contributed by atoms with E-state index in [0.29, 0.717) is 38.2 Å². The number of nitrogens with one attached hydrogen (secondary N) is 4. The summed E-state index contributed by atoms with van der Waals surface area (Å²) >= 11 is 0. The lowest BCUT2D eigenvalue weighted by Crippen LogP contribution is -2.48. The average molecular weight is 394 g/mol. The van der Waals surface area contributed by atoms with Crippen molar-refractivity contribution in [1.29, 1.82) is 0 Å². The highest BCUT2D eigenvalue weighted by molar-refractivity contribution is 5.90. The van der Waals surface area contributed by atoms with E-state index >= 15 is 0 Å². The van der Waals surface area contributed by atoms with Gasteiger partial charge in [-0.2, -0.15) is 0 Å². The molecule has 0 bridgehead atoms. The summed E-state index contributed by atoms with van der Waals surface area (Å²) in [6.45, 7) is 1.61. The number of imidazole rings is 1. The molecule has 29 heavy (non-hydrogen) atoms. The second-order valence-electron chi connectivity index (χ2n) is 7.04. The van der Waals surface area contributed by atoms with Crippen LogP contribution in [0.5, 0.6) is 0 Å². The van der Waals surface area contributed by atoms with Gasteiger partial charge in [-0.25, -0.2) is 9.78 Å². The summed E-state index contributed by atoms with van der Waals surface area (Å²) in [5.74, 6) is 0.626. The van der Waals surface area contributed by atoms with Crippen LogP contribution in [-0.2, 0) is 16.0 Å². The number of fused-ring (bicyclic) bond motifs is 1. The monoisotopic (exact) mass is 394 g/mol. The molecule has 0 saturated carbocycles. The highest BCUT2D eigenvalue weighted by Crippen LogP contribution is 2.16. The molecule has 1 fully saturated rings. The van der Waals surface area contributed by atoms with E-state index in [0.717, 1.165) is 28.8 Å². The Morgan fingerprint density at radius 3 is 2.79 bits per heavy atom. The molecule has 150 valence electrons. The largest absolute Gasteiger partial charge is 0.353 e. The summed E-state index contributed by atoms with van der Waals surface area (Å²) in [6, 6.07) is 9.34. The molecule has 4 N–H and O–H groups in total. The van der Waals surface area contributed by atoms with E-state index in [4.69, 9.17) is 0 Å². The molecule has 0 spiro atoms. The van der Waals surface area contributed by atoms with Gasteiger partial charge in [-0.15, -0.1) is 0 Å². The lowest BCUT2D eigenvalue weighted by Gasteiger charge is -2.27. The van der Waals surface area contributed by atoms with Crippen LogP contribution in [0.2, 0.25) is 0 Å². The van der Waals surface area contributed by atoms with Gasteiger partial charge in [-0.3, -0.25) is 9.59 Å². The van der Waals surface area contributed by atoms with Crippen molar-refractivity contribution in [2.75, 3.05) is 29.9 Å². The van der Waals surface area contributed by atoms with Gasteiger partial charge in [0.25, 0.3) is 0 Å². The molecule has 1 aromatic carbocycles. The molecule has 2 aromatic heterocycles. The Balaban J connectivity index is 1.26. The molecule has 1 aliphatic rings. The van der Waals surface area contributed by atoms with Gasteiger partial charge < -0.3 is 25.5 Å². The number of anilines is 2. The van der Waals surface area contributed by atoms with Gasteiger partial charge in [-0.05, 0) is 42.7 Å². The molecular formula is C20H22N6O3. The normalized spacial score (nSPS) is 14.1. The van der Waals surface area contributed by atoms with Crippen molar-refractivity contribution in [2.24, 2.45) is 0 Å². The lowest BCUT2D eigenvalue weighted by atomic mass is 10.1. The number of H-pyrrole nitrogens is 2. The van der Waals surface area contributed by atoms with E-state index in [9.17, 15) is 14.4 Å². The zero-order chi connectivity index (χ0) is 20.2. The third-order valence-electron chi connectivity index (χ3n) is 4.84. The zero-order valence-corrected chi connectivity index (χ0v) is 15.8. The van der Waals surface area contributed by atoms with Crippen LogP contribution in [0.25, 0.3) is 11.0 Å². The van der Waals surface area contributed by atoms with Crippen molar-refractivity contribution in [3.8, 4) is 0 Å². The van der Waals surface area contributed by atoms with Crippen LogP contribution in [0.3, 0.4) is 0 Å². The number of carbonyl (C=O) groups is 2. The van der Waals surface area contributed by atoms with Gasteiger partial charge >= 0.3 is 5.69 Å². The van der Waals surface area contributed by atoms with Crippen LogP contribution in [0.15, 0.2) is 41.3 Å². The first-order valence-electron chi connectivity index (χ1n) is 9.55. The molecule has 2 amide bonds. The predicted molar refractivity (Wildman–Crippen MR) is 110 cm³/mol. The number of aryl methyl sites for hydroxylation is 1. The van der Waals surface area contributed by atoms with Crippen LogP contribution in [-0.4, -0.2) is 46.4 Å². The Hall–Kier alpha value is -3.62. The topological polar surface area (TPSA) is 123 Å². The Morgan fingerprint density at radius 2 is 2.00 bits per heavy atom. The minimum absolute atomic E-state index is 0.0163. The van der Waals surface area contributed by atoms with Gasteiger partial charge in [0.05, 0.1) is 29.5 Å². The number of nitrogens with zero attached hydrogens (tertiary/aromatic N) is 2. The number of aromatic amines is 2. The summed E-state index contributed by atoms with van der Waals surface area (Å²) in [4.78, 5) is 46.7. The van der Waals surface area contributed by atoms with Crippen LogP contribution in [0.4, 0.5) is 11.5 Å². The van der Waals surface area contributed by atoms with E-state index in [-0.39, 0.29) is 17.5 Å². The molecule has 1 aliphatic heterocycles. The average Bonchev–Trinajstić information content (AvgIpc) is 3.08. The standard InChI is InChI=1S/C20H22N6O3/c27-18(3-1-2-13-4-6-15-16(10-13)25-20(29)24-15)23-14-5-7-17(22-11-14)26-9-8-21-19(28)12-26/h4-7,10-11H,1-3,8-9,12H2,(H,21,28)(H,23,27)(H2,24,25,29). The summed E-state index contributed by atoms with van der Waals surface area (Å²) in [6.07, 6.45) is 3.43. The van der Waals surface area contributed by atoms with Crippen molar-refractivity contribution < 1.29 is 9.59 Å². The maximum absolute atomic E-state index is 12.2. The maximum Gasteiger partial charge on any atom is 0.323 e. The molecule has 0 atom stereocenters. The van der Waals surface area contributed by atoms with Gasteiger partial charge in [-0.1, -0.05) is 6.07 Å². The van der Waals surface area contributed by atoms with E-state index < -0.39 is 0 Å². The number of hydrogen-bond donors (Lipinski definition) is 4. The Morgan fingerprint density at radius 1 is 1.14 bits per heavy atom. The minimum atomic E-state index is -0.222. The smallest absolute Gasteiger partial charge is 0.323 e. The Bertz CT molecular complexity index is 1090. The quantitative estimate of drug-likeness (QED) is 0.499. The van der Waals surface area contributed by atoms with Crippen molar-refractivity contribution >= 4 is 34.4 Å². The van der Waals surface area contributed by atoms with Gasteiger partial charge in [0, 0.05) is 19.5 Å². The first-order chi connectivity index (χ1) is 14.1. The number of amides is 2. The molecule has 9 heteroatoms. The zero-order valence-electron chi connectivity index (χ0n) is 15.8. The van der Waals surface area contributed by atoms with Crippen molar-refractivity contribution in [2.45, 2.75) is 19.3 Å². The van der Waals surface area contributed by atoms with E-state index in [1.54, 1.807) is 18.3 Å². The number of carbonyl (C=O) groups excluding carboxylic acids is 2. The fourth-order valence-corrected chi connectivity index (χ4v) is 3.39. The summed E-state index contributed by atoms with van der Waals surface area (Å²) in [5.41, 5.74) is 3.02. The van der Waals surface area contributed by atoms with Crippen LogP contribution in [0.1, 0.15) is 18.4 Å². The number of hydrogen-bond acceptors (Lipinski definition) is 5. The maximum atomic E-state index is 12.2. The fourth-order valence-electron chi connectivity index (χ4n) is 3.39. The Labute approximate surface area is 166 Å². The second kappa shape index (κ2) is 8.17. The van der Waals surface area contributed by atoms with Crippen molar-refractivity contribution in [3.63, 3.8) is 0 Å². The van der Waals surface area contributed by atoms with Crippen LogP contribution in [0, 0.1) is 0 Å². The Kier molecular flexibility index (Phi) is 5.28. The number of pyridine rings is 1. The van der Waals surface area contributed by atoms with E-state index in [2.05, 4.69) is 25.6 Å². The number of benzene rings is 1. The minimum Gasteiger partial charge on any atom is -0.353 e. The van der Waals surface area contributed by atoms with Gasteiger partial charge in [0.1, 0.15) is 5.82 Å². The molecule has 3 aromatic rings. The first kappa shape index (κ1) is 18.7. The molecule has 0 unspecified atom stereocenters. The molecule has 3 heterocycles. The predicted octanol–water partition coefficient (Wildman–Crippen LogP) is 1.15. The molecular weight excluding hydrogens is 372 g/mol. The molecule has 0 aliphatic carbocycles. The van der Waals surface area contributed by atoms with E-state index in [1.807, 2.05) is 23.1 Å².